The van der Waals surface area contributed by atoms with Crippen molar-refractivity contribution in [2.75, 3.05) is 0 Å². The first-order valence-electron chi connectivity index (χ1n) is 5.13. The SMILES string of the molecule is Brc1cccc(O/C=C(\I)CC2=C=CC=C2)c1. The Morgan fingerprint density at radius 2 is 2.35 bits per heavy atom. The van der Waals surface area contributed by atoms with Gasteiger partial charge < -0.3 is 4.74 Å². The second-order valence-electron chi connectivity index (χ2n) is 3.51. The highest BCUT2D eigenvalue weighted by atomic mass is 127. The summed E-state index contributed by atoms with van der Waals surface area (Å²) < 4.78 is 7.74. The average molecular weight is 401 g/mol. The molecule has 2 rings (SSSR count). The highest BCUT2D eigenvalue weighted by molar-refractivity contribution is 14.1. The van der Waals surface area contributed by atoms with Crippen molar-refractivity contribution < 1.29 is 4.74 Å². The lowest BCUT2D eigenvalue weighted by Gasteiger charge is -2.02. The Kier molecular flexibility index (Phi) is 4.66. The number of halogens is 2. The molecule has 1 aromatic rings. The molecule has 0 aromatic heterocycles. The molecule has 1 aromatic carbocycles. The number of allylic oxidation sites excluding steroid dienone is 4. The van der Waals surface area contributed by atoms with E-state index in [9.17, 15) is 0 Å². The fraction of sp³-hybridized carbons (Fsp3) is 0.0714. The van der Waals surface area contributed by atoms with Crippen molar-refractivity contribution in [1.82, 2.24) is 0 Å². The van der Waals surface area contributed by atoms with Gasteiger partial charge in [0.2, 0.25) is 0 Å². The zero-order chi connectivity index (χ0) is 12.1. The maximum Gasteiger partial charge on any atom is 0.127 e. The van der Waals surface area contributed by atoms with Crippen LogP contribution in [0.5, 0.6) is 5.75 Å². The summed E-state index contributed by atoms with van der Waals surface area (Å²) in [5.41, 5.74) is 4.35. The molecule has 0 amide bonds. The lowest BCUT2D eigenvalue weighted by Crippen LogP contribution is -1.85. The van der Waals surface area contributed by atoms with E-state index >= 15 is 0 Å². The van der Waals surface area contributed by atoms with Crippen molar-refractivity contribution in [2.45, 2.75) is 6.42 Å². The molecule has 1 nitrogen and oxygen atoms in total. The largest absolute Gasteiger partial charge is 0.464 e. The van der Waals surface area contributed by atoms with Gasteiger partial charge in [0.05, 0.1) is 0 Å². The molecule has 0 fully saturated rings. The minimum atomic E-state index is 0.833. The molecule has 86 valence electrons. The molecule has 0 N–H and O–H groups in total. The van der Waals surface area contributed by atoms with Crippen LogP contribution < -0.4 is 4.74 Å². The van der Waals surface area contributed by atoms with Crippen LogP contribution in [0.1, 0.15) is 6.42 Å². The van der Waals surface area contributed by atoms with E-state index in [-0.39, 0.29) is 0 Å². The maximum absolute atomic E-state index is 5.58. The Balaban J connectivity index is 1.96. The van der Waals surface area contributed by atoms with E-state index in [1.807, 2.05) is 36.4 Å². The molecule has 17 heavy (non-hydrogen) atoms. The van der Waals surface area contributed by atoms with Gasteiger partial charge in [0.1, 0.15) is 12.0 Å². The third-order valence-corrected chi connectivity index (χ3v) is 3.27. The van der Waals surface area contributed by atoms with Crippen molar-refractivity contribution in [1.29, 1.82) is 0 Å². The molecule has 0 spiro atoms. The van der Waals surface area contributed by atoms with Crippen molar-refractivity contribution in [3.05, 3.63) is 68.1 Å². The van der Waals surface area contributed by atoms with E-state index in [1.165, 1.54) is 5.57 Å². The van der Waals surface area contributed by atoms with Gasteiger partial charge in [0.25, 0.3) is 0 Å². The molecule has 0 unspecified atom stereocenters. The van der Waals surface area contributed by atoms with Crippen LogP contribution in [0, 0.1) is 0 Å². The Labute approximate surface area is 123 Å². The maximum atomic E-state index is 5.58. The molecule has 0 saturated carbocycles. The number of benzene rings is 1. The second-order valence-corrected chi connectivity index (χ2v) is 5.81. The standard InChI is InChI=1S/C14H10BrIO/c15-12-6-3-7-14(9-12)17-10-13(16)8-11-4-1-2-5-11/h1-4,6-7,9-10H,8H2/b13-10-. The third-order valence-electron chi connectivity index (χ3n) is 2.14. The number of ether oxygens (including phenoxy) is 1. The van der Waals surface area contributed by atoms with E-state index in [4.69, 9.17) is 4.74 Å². The quantitative estimate of drug-likeness (QED) is 0.386. The molecule has 0 heterocycles. The Morgan fingerprint density at radius 1 is 1.47 bits per heavy atom. The van der Waals surface area contributed by atoms with Gasteiger partial charge in [-0.1, -0.05) is 34.1 Å². The summed E-state index contributed by atoms with van der Waals surface area (Å²) >= 11 is 5.69. The minimum Gasteiger partial charge on any atom is -0.464 e. The smallest absolute Gasteiger partial charge is 0.127 e. The summed E-state index contributed by atoms with van der Waals surface area (Å²) in [6, 6.07) is 7.79. The van der Waals surface area contributed by atoms with Gasteiger partial charge in [-0.15, -0.1) is 5.73 Å². The van der Waals surface area contributed by atoms with E-state index in [0.717, 1.165) is 20.2 Å². The van der Waals surface area contributed by atoms with Crippen LogP contribution in [0.15, 0.2) is 68.1 Å². The van der Waals surface area contributed by atoms with Gasteiger partial charge in [-0.05, 0) is 52.4 Å². The molecule has 0 bridgehead atoms. The van der Waals surface area contributed by atoms with Gasteiger partial charge in [-0.2, -0.15) is 0 Å². The predicted octanol–water partition coefficient (Wildman–Crippen LogP) is 5.15. The van der Waals surface area contributed by atoms with Crippen LogP contribution >= 0.6 is 38.5 Å². The van der Waals surface area contributed by atoms with Gasteiger partial charge in [0, 0.05) is 14.5 Å². The van der Waals surface area contributed by atoms with Gasteiger partial charge >= 0.3 is 0 Å². The van der Waals surface area contributed by atoms with E-state index < -0.39 is 0 Å². The topological polar surface area (TPSA) is 9.23 Å². The minimum absolute atomic E-state index is 0.833. The summed E-state index contributed by atoms with van der Waals surface area (Å²) in [5.74, 6) is 0.833. The molecular formula is C14H10BrIO. The fourth-order valence-corrected chi connectivity index (χ4v) is 2.29. The van der Waals surface area contributed by atoms with Crippen molar-refractivity contribution in [3.63, 3.8) is 0 Å². The molecule has 0 saturated heterocycles. The molecule has 0 aliphatic heterocycles. The van der Waals surface area contributed by atoms with E-state index in [0.29, 0.717) is 0 Å². The van der Waals surface area contributed by atoms with Crippen LogP contribution in [0.3, 0.4) is 0 Å². The monoisotopic (exact) mass is 400 g/mol. The van der Waals surface area contributed by atoms with Gasteiger partial charge in [-0.3, -0.25) is 0 Å². The predicted molar refractivity (Wildman–Crippen MR) is 82.2 cm³/mol. The molecule has 0 atom stereocenters. The normalized spacial score (nSPS) is 14.0. The fourth-order valence-electron chi connectivity index (χ4n) is 1.37. The summed E-state index contributed by atoms with van der Waals surface area (Å²) in [5, 5.41) is 0. The lowest BCUT2D eigenvalue weighted by atomic mass is 10.2. The third kappa shape index (κ3) is 4.19. The molecule has 3 heteroatoms. The molecule has 0 radical (unpaired) electrons. The van der Waals surface area contributed by atoms with Crippen LogP contribution in [0.4, 0.5) is 0 Å². The van der Waals surface area contributed by atoms with Crippen LogP contribution in [-0.2, 0) is 0 Å². The Morgan fingerprint density at radius 3 is 3.06 bits per heavy atom. The zero-order valence-electron chi connectivity index (χ0n) is 8.99. The number of hydrogen-bond donors (Lipinski definition) is 0. The van der Waals surface area contributed by atoms with Crippen LogP contribution in [0.25, 0.3) is 0 Å². The molecule has 1 aliphatic carbocycles. The first-order valence-corrected chi connectivity index (χ1v) is 7.00. The highest BCUT2D eigenvalue weighted by Crippen LogP contribution is 2.22. The summed E-state index contributed by atoms with van der Waals surface area (Å²) in [7, 11) is 0. The summed E-state index contributed by atoms with van der Waals surface area (Å²) in [4.78, 5) is 0. The summed E-state index contributed by atoms with van der Waals surface area (Å²) in [6.45, 7) is 0. The van der Waals surface area contributed by atoms with E-state index in [1.54, 1.807) is 6.26 Å². The Bertz CT molecular complexity index is 537. The number of rotatable bonds is 4. The van der Waals surface area contributed by atoms with Gasteiger partial charge in [-0.25, -0.2) is 0 Å². The molecular weight excluding hydrogens is 391 g/mol. The van der Waals surface area contributed by atoms with Gasteiger partial charge in [0.15, 0.2) is 0 Å². The van der Waals surface area contributed by atoms with Crippen LogP contribution in [0.2, 0.25) is 0 Å². The molecule has 1 aliphatic rings. The van der Waals surface area contributed by atoms with Crippen molar-refractivity contribution in [3.8, 4) is 5.75 Å². The first-order chi connectivity index (χ1) is 8.24. The zero-order valence-corrected chi connectivity index (χ0v) is 12.7. The lowest BCUT2D eigenvalue weighted by molar-refractivity contribution is 0.478. The number of hydrogen-bond acceptors (Lipinski definition) is 1. The highest BCUT2D eigenvalue weighted by Gasteiger charge is 1.99. The Hall–Kier alpha value is -0.770. The second kappa shape index (κ2) is 6.24. The van der Waals surface area contributed by atoms with Crippen LogP contribution in [-0.4, -0.2) is 0 Å². The van der Waals surface area contributed by atoms with E-state index in [2.05, 4.69) is 50.3 Å². The van der Waals surface area contributed by atoms with Crippen molar-refractivity contribution >= 4 is 38.5 Å². The summed E-state index contributed by atoms with van der Waals surface area (Å²) in [6.07, 6.45) is 8.62. The van der Waals surface area contributed by atoms with Crippen molar-refractivity contribution in [2.24, 2.45) is 0 Å². The average Bonchev–Trinajstić information content (AvgIpc) is 2.79. The first kappa shape index (κ1) is 12.7.